The Balaban J connectivity index is 0.00000171. The minimum atomic E-state index is -3.23. The fraction of sp³-hybridized carbons (Fsp3) is 0.400. The zero-order valence-corrected chi connectivity index (χ0v) is 19.7. The summed E-state index contributed by atoms with van der Waals surface area (Å²) < 4.78 is 29.8. The number of hydrogen-bond acceptors (Lipinski definition) is 7. The summed E-state index contributed by atoms with van der Waals surface area (Å²) in [6, 6.07) is 13.7. The number of piperazine rings is 1. The van der Waals surface area contributed by atoms with Crippen molar-refractivity contribution in [1.29, 1.82) is 0 Å². The molecule has 0 aliphatic carbocycles. The van der Waals surface area contributed by atoms with Gasteiger partial charge in [0.15, 0.2) is 0 Å². The Kier molecular flexibility index (Phi) is 9.08. The monoisotopic (exact) mass is 487 g/mol. The molecule has 11 heteroatoms. The molecule has 31 heavy (non-hydrogen) atoms. The predicted octanol–water partition coefficient (Wildman–Crippen LogP) is 2.80. The summed E-state index contributed by atoms with van der Waals surface area (Å²) in [5, 5.41) is 7.76. The van der Waals surface area contributed by atoms with E-state index in [2.05, 4.69) is 30.9 Å². The van der Waals surface area contributed by atoms with Crippen molar-refractivity contribution in [3.63, 3.8) is 0 Å². The molecule has 3 aromatic rings. The molecule has 0 radical (unpaired) electrons. The molecule has 0 bridgehead atoms. The zero-order valence-electron chi connectivity index (χ0n) is 17.2. The van der Waals surface area contributed by atoms with Gasteiger partial charge in [0.2, 0.25) is 10.0 Å². The number of sulfonamides is 1. The van der Waals surface area contributed by atoms with Crippen LogP contribution < -0.4 is 4.72 Å². The summed E-state index contributed by atoms with van der Waals surface area (Å²) in [5.74, 6) is 0. The Morgan fingerprint density at radius 3 is 2.19 bits per heavy atom. The number of nitrogens with zero attached hydrogens (tertiary/aromatic N) is 4. The summed E-state index contributed by atoms with van der Waals surface area (Å²) in [6.45, 7) is 6.07. The lowest BCUT2D eigenvalue weighted by molar-refractivity contribution is 0.128. The number of halogens is 2. The molecule has 0 saturated carbocycles. The van der Waals surface area contributed by atoms with Gasteiger partial charge in [-0.15, -0.1) is 24.8 Å². The summed E-state index contributed by atoms with van der Waals surface area (Å²) in [5.41, 5.74) is 4.63. The van der Waals surface area contributed by atoms with Crippen molar-refractivity contribution < 1.29 is 13.0 Å². The molecular formula is C20H27Cl2N5O3S. The van der Waals surface area contributed by atoms with Crippen LogP contribution in [0.15, 0.2) is 47.1 Å². The van der Waals surface area contributed by atoms with Crippen LogP contribution in [0.25, 0.3) is 11.0 Å². The van der Waals surface area contributed by atoms with Crippen molar-refractivity contribution in [3.05, 3.63) is 53.6 Å². The first-order chi connectivity index (χ1) is 13.9. The summed E-state index contributed by atoms with van der Waals surface area (Å²) in [6.07, 6.45) is 2.11. The van der Waals surface area contributed by atoms with E-state index in [1.54, 1.807) is 0 Å². The Hall–Kier alpha value is -1.91. The molecule has 170 valence electrons. The van der Waals surface area contributed by atoms with E-state index in [1.807, 2.05) is 36.4 Å². The highest BCUT2D eigenvalue weighted by atomic mass is 35.5. The molecule has 2 heterocycles. The maximum Gasteiger partial charge on any atom is 0.229 e. The van der Waals surface area contributed by atoms with Gasteiger partial charge in [-0.25, -0.2) is 13.0 Å². The fourth-order valence-electron chi connectivity index (χ4n) is 3.60. The van der Waals surface area contributed by atoms with Crippen molar-refractivity contribution in [1.82, 2.24) is 20.1 Å². The minimum absolute atomic E-state index is 0. The highest BCUT2D eigenvalue weighted by Crippen LogP contribution is 2.15. The van der Waals surface area contributed by atoms with E-state index in [0.29, 0.717) is 5.69 Å². The molecule has 1 aromatic heterocycles. The van der Waals surface area contributed by atoms with E-state index in [0.717, 1.165) is 63.0 Å². The first kappa shape index (κ1) is 25.4. The van der Waals surface area contributed by atoms with E-state index in [-0.39, 0.29) is 24.8 Å². The number of benzene rings is 2. The van der Waals surface area contributed by atoms with E-state index in [4.69, 9.17) is 4.63 Å². The number of nitrogens with one attached hydrogen (secondary N) is 1. The van der Waals surface area contributed by atoms with Crippen LogP contribution in [0.1, 0.15) is 11.1 Å². The average Bonchev–Trinajstić information content (AvgIpc) is 3.15. The molecule has 1 aliphatic rings. The van der Waals surface area contributed by atoms with Crippen molar-refractivity contribution in [2.24, 2.45) is 0 Å². The summed E-state index contributed by atoms with van der Waals surface area (Å²) in [7, 11) is -3.23. The Morgan fingerprint density at radius 2 is 1.52 bits per heavy atom. The number of rotatable bonds is 7. The lowest BCUT2D eigenvalue weighted by atomic mass is 10.1. The highest BCUT2D eigenvalue weighted by Gasteiger charge is 2.17. The smallest absolute Gasteiger partial charge is 0.229 e. The second kappa shape index (κ2) is 11.1. The average molecular weight is 488 g/mol. The summed E-state index contributed by atoms with van der Waals surface area (Å²) in [4.78, 5) is 4.93. The fourth-order valence-corrected chi connectivity index (χ4v) is 4.16. The van der Waals surface area contributed by atoms with Crippen molar-refractivity contribution in [3.8, 4) is 0 Å². The van der Waals surface area contributed by atoms with Gasteiger partial charge >= 0.3 is 0 Å². The van der Waals surface area contributed by atoms with Crippen molar-refractivity contribution in [2.75, 3.05) is 43.7 Å². The number of anilines is 1. The van der Waals surface area contributed by atoms with Gasteiger partial charge in [0, 0.05) is 45.0 Å². The number of hydrogen-bond donors (Lipinski definition) is 1. The molecule has 1 N–H and O–H groups in total. The zero-order chi connectivity index (χ0) is 20.3. The molecule has 0 atom stereocenters. The van der Waals surface area contributed by atoms with Crippen LogP contribution in [0, 0.1) is 0 Å². The van der Waals surface area contributed by atoms with E-state index in [1.165, 1.54) is 11.1 Å². The lowest BCUT2D eigenvalue weighted by Crippen LogP contribution is -2.46. The van der Waals surface area contributed by atoms with Crippen LogP contribution in [-0.4, -0.2) is 67.5 Å². The topological polar surface area (TPSA) is 91.6 Å². The highest BCUT2D eigenvalue weighted by molar-refractivity contribution is 7.92. The van der Waals surface area contributed by atoms with E-state index < -0.39 is 10.0 Å². The third kappa shape index (κ3) is 7.33. The third-order valence-electron chi connectivity index (χ3n) is 5.16. The van der Waals surface area contributed by atoms with Gasteiger partial charge in [-0.2, -0.15) is 0 Å². The van der Waals surface area contributed by atoms with Gasteiger partial charge in [0.05, 0.1) is 6.26 Å². The Morgan fingerprint density at radius 1 is 0.903 bits per heavy atom. The molecule has 4 rings (SSSR count). The maximum atomic E-state index is 11.3. The van der Waals surface area contributed by atoms with Gasteiger partial charge in [-0.3, -0.25) is 9.62 Å². The first-order valence-electron chi connectivity index (χ1n) is 9.67. The molecule has 0 amide bonds. The Labute approximate surface area is 194 Å². The van der Waals surface area contributed by atoms with E-state index >= 15 is 0 Å². The second-order valence-electron chi connectivity index (χ2n) is 7.53. The molecule has 8 nitrogen and oxygen atoms in total. The van der Waals surface area contributed by atoms with Gasteiger partial charge in [0.1, 0.15) is 11.0 Å². The lowest BCUT2D eigenvalue weighted by Gasteiger charge is -2.34. The molecule has 1 fully saturated rings. The first-order valence-corrected chi connectivity index (χ1v) is 11.6. The maximum absolute atomic E-state index is 11.3. The normalized spacial score (nSPS) is 15.3. The largest absolute Gasteiger partial charge is 0.300 e. The molecule has 0 unspecified atom stereocenters. The van der Waals surface area contributed by atoms with Crippen LogP contribution in [0.5, 0.6) is 0 Å². The van der Waals surface area contributed by atoms with Gasteiger partial charge in [0.25, 0.3) is 0 Å². The minimum Gasteiger partial charge on any atom is -0.300 e. The number of aromatic nitrogens is 2. The van der Waals surface area contributed by atoms with Crippen LogP contribution in [0.3, 0.4) is 0 Å². The van der Waals surface area contributed by atoms with Crippen molar-refractivity contribution in [2.45, 2.75) is 13.0 Å². The quantitative estimate of drug-likeness (QED) is 0.547. The summed E-state index contributed by atoms with van der Waals surface area (Å²) >= 11 is 0. The van der Waals surface area contributed by atoms with Crippen LogP contribution in [0.2, 0.25) is 0 Å². The molecule has 1 saturated heterocycles. The van der Waals surface area contributed by atoms with Gasteiger partial charge in [-0.05, 0) is 52.1 Å². The second-order valence-corrected chi connectivity index (χ2v) is 9.27. The van der Waals surface area contributed by atoms with E-state index in [9.17, 15) is 8.42 Å². The molecular weight excluding hydrogens is 461 g/mol. The standard InChI is InChI=1S/C20H25N5O3S.2ClH/c1-29(26,27)23-18-5-2-16(3-6-18)8-9-24-10-12-25(13-11-24)15-17-4-7-19-20(14-17)22-28-21-19;;/h2-7,14,23H,8-13,15H2,1H3;2*1H. The predicted molar refractivity (Wildman–Crippen MR) is 127 cm³/mol. The van der Waals surface area contributed by atoms with Gasteiger partial charge in [-0.1, -0.05) is 18.2 Å². The molecule has 2 aromatic carbocycles. The van der Waals surface area contributed by atoms with Gasteiger partial charge < -0.3 is 4.90 Å². The number of fused-ring (bicyclic) bond motifs is 1. The Bertz CT molecular complexity index is 1070. The SMILES string of the molecule is CS(=O)(=O)Nc1ccc(CCN2CCN(Cc3ccc4nonc4c3)CC2)cc1.Cl.Cl. The van der Waals surface area contributed by atoms with Crippen LogP contribution in [-0.2, 0) is 23.0 Å². The molecule has 1 aliphatic heterocycles. The van der Waals surface area contributed by atoms with Crippen LogP contribution in [0.4, 0.5) is 5.69 Å². The van der Waals surface area contributed by atoms with Crippen molar-refractivity contribution >= 4 is 51.6 Å². The molecule has 0 spiro atoms. The third-order valence-corrected chi connectivity index (χ3v) is 5.77. The van der Waals surface area contributed by atoms with Crippen LogP contribution >= 0.6 is 24.8 Å².